The van der Waals surface area contributed by atoms with Gasteiger partial charge < -0.3 is 15.0 Å². The molecule has 2 aromatic carbocycles. The summed E-state index contributed by atoms with van der Waals surface area (Å²) in [6, 6.07) is 15.8. The summed E-state index contributed by atoms with van der Waals surface area (Å²) in [5, 5.41) is 7.07. The van der Waals surface area contributed by atoms with Crippen molar-refractivity contribution in [3.8, 4) is 0 Å². The van der Waals surface area contributed by atoms with E-state index in [0.717, 1.165) is 57.5 Å². The van der Waals surface area contributed by atoms with Gasteiger partial charge in [-0.25, -0.2) is 0 Å². The number of fused-ring (bicyclic) bond motifs is 1. The lowest BCUT2D eigenvalue weighted by molar-refractivity contribution is 0.0367. The molecule has 2 fully saturated rings. The Kier molecular flexibility index (Phi) is 6.22. The minimum absolute atomic E-state index is 0.590. The van der Waals surface area contributed by atoms with E-state index in [4.69, 9.17) is 17.0 Å². The van der Waals surface area contributed by atoms with Gasteiger partial charge in [0, 0.05) is 38.8 Å². The molecule has 1 aliphatic heterocycles. The average Bonchev–Trinajstić information content (AvgIpc) is 3.52. The number of rotatable bonds is 7. The highest BCUT2D eigenvalue weighted by atomic mass is 32.1. The zero-order chi connectivity index (χ0) is 18.5. The van der Waals surface area contributed by atoms with Crippen LogP contribution in [0.15, 0.2) is 42.5 Å². The lowest BCUT2D eigenvalue weighted by Gasteiger charge is -2.30. The first-order valence-corrected chi connectivity index (χ1v) is 10.5. The Bertz CT molecular complexity index is 766. The van der Waals surface area contributed by atoms with Crippen molar-refractivity contribution in [2.24, 2.45) is 0 Å². The predicted octanol–water partition coefficient (Wildman–Crippen LogP) is 3.40. The van der Waals surface area contributed by atoms with Crippen LogP contribution in [0, 0.1) is 0 Å². The summed E-state index contributed by atoms with van der Waals surface area (Å²) in [6.45, 7) is 6.79. The second kappa shape index (κ2) is 9.00. The molecule has 4 nitrogen and oxygen atoms in total. The van der Waals surface area contributed by atoms with Gasteiger partial charge in [0.2, 0.25) is 0 Å². The summed E-state index contributed by atoms with van der Waals surface area (Å²) in [7, 11) is 0. The number of hydrogen-bond donors (Lipinski definition) is 1. The minimum Gasteiger partial charge on any atom is -0.379 e. The van der Waals surface area contributed by atoms with Gasteiger partial charge in [0.05, 0.1) is 13.2 Å². The number of benzene rings is 2. The zero-order valence-electron chi connectivity index (χ0n) is 15.9. The molecule has 27 heavy (non-hydrogen) atoms. The molecule has 0 amide bonds. The average molecular weight is 384 g/mol. The molecule has 4 rings (SSSR count). The van der Waals surface area contributed by atoms with Gasteiger partial charge in [-0.15, -0.1) is 0 Å². The van der Waals surface area contributed by atoms with E-state index in [-0.39, 0.29) is 0 Å². The highest BCUT2D eigenvalue weighted by molar-refractivity contribution is 7.80. The molecular formula is C22H29N3OS. The molecule has 0 bridgehead atoms. The van der Waals surface area contributed by atoms with Crippen molar-refractivity contribution in [2.45, 2.75) is 31.8 Å². The number of nitrogens with one attached hydrogen (secondary N) is 1. The van der Waals surface area contributed by atoms with E-state index in [0.29, 0.717) is 6.04 Å². The Hall–Kier alpha value is -1.69. The van der Waals surface area contributed by atoms with Crippen molar-refractivity contribution < 1.29 is 4.74 Å². The number of ether oxygens (including phenoxy) is 1. The van der Waals surface area contributed by atoms with E-state index in [9.17, 15) is 0 Å². The first kappa shape index (κ1) is 18.7. The van der Waals surface area contributed by atoms with Crippen LogP contribution in [0.25, 0.3) is 10.8 Å². The number of morpholine rings is 1. The van der Waals surface area contributed by atoms with Crippen LogP contribution in [0.1, 0.15) is 24.8 Å². The molecule has 2 aliphatic rings. The molecule has 1 aliphatic carbocycles. The molecule has 1 saturated heterocycles. The van der Waals surface area contributed by atoms with Crippen molar-refractivity contribution in [1.82, 2.24) is 15.1 Å². The maximum atomic E-state index is 5.76. The van der Waals surface area contributed by atoms with Crippen LogP contribution in [0.4, 0.5) is 0 Å². The fourth-order valence-electron chi connectivity index (χ4n) is 3.69. The zero-order valence-corrected chi connectivity index (χ0v) is 16.7. The minimum atomic E-state index is 0.590. The number of nitrogens with zero attached hydrogens (tertiary/aromatic N) is 2. The van der Waals surface area contributed by atoms with Crippen LogP contribution in [0.2, 0.25) is 0 Å². The molecule has 2 aromatic rings. The number of thiocarbonyl (C=S) groups is 1. The molecule has 0 unspecified atom stereocenters. The SMILES string of the molecule is S=C(NC1CC1)N(CCCN1CCOCC1)Cc1cccc2ccccc12. The van der Waals surface area contributed by atoms with Gasteiger partial charge >= 0.3 is 0 Å². The molecule has 0 aromatic heterocycles. The summed E-state index contributed by atoms with van der Waals surface area (Å²) in [5.74, 6) is 0. The summed E-state index contributed by atoms with van der Waals surface area (Å²) in [6.07, 6.45) is 3.61. The van der Waals surface area contributed by atoms with Crippen molar-refractivity contribution in [3.05, 3.63) is 48.0 Å². The Balaban J connectivity index is 1.42. The van der Waals surface area contributed by atoms with Gasteiger partial charge in [0.1, 0.15) is 0 Å². The molecule has 0 atom stereocenters. The van der Waals surface area contributed by atoms with E-state index in [2.05, 4.69) is 57.6 Å². The van der Waals surface area contributed by atoms with Crippen molar-refractivity contribution in [2.75, 3.05) is 39.4 Å². The summed E-state index contributed by atoms with van der Waals surface area (Å²) < 4.78 is 5.45. The van der Waals surface area contributed by atoms with Crippen LogP contribution in [-0.4, -0.2) is 60.3 Å². The van der Waals surface area contributed by atoms with Gasteiger partial charge in [-0.3, -0.25) is 4.90 Å². The Morgan fingerprint density at radius 1 is 1.11 bits per heavy atom. The van der Waals surface area contributed by atoms with Crippen LogP contribution in [0.5, 0.6) is 0 Å². The van der Waals surface area contributed by atoms with Crippen LogP contribution in [-0.2, 0) is 11.3 Å². The maximum Gasteiger partial charge on any atom is 0.169 e. The summed E-state index contributed by atoms with van der Waals surface area (Å²) in [5.41, 5.74) is 1.35. The molecule has 1 heterocycles. The summed E-state index contributed by atoms with van der Waals surface area (Å²) >= 11 is 5.76. The van der Waals surface area contributed by atoms with Crippen molar-refractivity contribution >= 4 is 28.1 Å². The van der Waals surface area contributed by atoms with E-state index >= 15 is 0 Å². The van der Waals surface area contributed by atoms with Crippen LogP contribution >= 0.6 is 12.2 Å². The fourth-order valence-corrected chi connectivity index (χ4v) is 4.01. The van der Waals surface area contributed by atoms with E-state index in [1.165, 1.54) is 29.2 Å². The molecule has 0 spiro atoms. The Morgan fingerprint density at radius 2 is 1.89 bits per heavy atom. The van der Waals surface area contributed by atoms with Crippen LogP contribution < -0.4 is 5.32 Å². The lowest BCUT2D eigenvalue weighted by Crippen LogP contribution is -2.42. The smallest absolute Gasteiger partial charge is 0.169 e. The predicted molar refractivity (Wildman–Crippen MR) is 115 cm³/mol. The highest BCUT2D eigenvalue weighted by Crippen LogP contribution is 2.22. The van der Waals surface area contributed by atoms with Crippen molar-refractivity contribution in [1.29, 1.82) is 0 Å². The molecule has 1 N–H and O–H groups in total. The molecule has 144 valence electrons. The Morgan fingerprint density at radius 3 is 2.70 bits per heavy atom. The maximum absolute atomic E-state index is 5.76. The van der Waals surface area contributed by atoms with E-state index in [1.807, 2.05) is 0 Å². The summed E-state index contributed by atoms with van der Waals surface area (Å²) in [4.78, 5) is 4.85. The monoisotopic (exact) mass is 383 g/mol. The third-order valence-electron chi connectivity index (χ3n) is 5.44. The fraction of sp³-hybridized carbons (Fsp3) is 0.500. The lowest BCUT2D eigenvalue weighted by atomic mass is 10.0. The third-order valence-corrected chi connectivity index (χ3v) is 5.82. The van der Waals surface area contributed by atoms with Gasteiger partial charge in [-0.1, -0.05) is 42.5 Å². The standard InChI is InChI=1S/C22H29N3OS/c27-22(23-20-9-10-20)25(12-4-11-24-13-15-26-16-14-24)17-19-7-3-6-18-5-1-2-8-21(18)19/h1-3,5-8,20H,4,9-17H2,(H,23,27). The molecule has 1 saturated carbocycles. The highest BCUT2D eigenvalue weighted by Gasteiger charge is 2.24. The van der Waals surface area contributed by atoms with Gasteiger partial charge in [0.25, 0.3) is 0 Å². The van der Waals surface area contributed by atoms with Gasteiger partial charge in [-0.2, -0.15) is 0 Å². The molecule has 5 heteroatoms. The second-order valence-corrected chi connectivity index (χ2v) is 7.98. The first-order chi connectivity index (χ1) is 13.3. The van der Waals surface area contributed by atoms with Crippen LogP contribution in [0.3, 0.4) is 0 Å². The second-order valence-electron chi connectivity index (χ2n) is 7.59. The number of hydrogen-bond acceptors (Lipinski definition) is 3. The van der Waals surface area contributed by atoms with Gasteiger partial charge in [0.15, 0.2) is 5.11 Å². The quantitative estimate of drug-likeness (QED) is 0.740. The molecule has 0 radical (unpaired) electrons. The Labute approximate surface area is 167 Å². The van der Waals surface area contributed by atoms with Crippen molar-refractivity contribution in [3.63, 3.8) is 0 Å². The van der Waals surface area contributed by atoms with E-state index in [1.54, 1.807) is 0 Å². The van der Waals surface area contributed by atoms with E-state index < -0.39 is 0 Å². The first-order valence-electron chi connectivity index (χ1n) is 10.1. The molecular weight excluding hydrogens is 354 g/mol. The topological polar surface area (TPSA) is 27.7 Å². The van der Waals surface area contributed by atoms with Gasteiger partial charge in [-0.05, 0) is 47.8 Å². The third kappa shape index (κ3) is 5.18. The largest absolute Gasteiger partial charge is 0.379 e. The normalized spacial score (nSPS) is 17.8.